The van der Waals surface area contributed by atoms with Crippen molar-refractivity contribution in [3.8, 4) is 0 Å². The van der Waals surface area contributed by atoms with E-state index < -0.39 is 0 Å². The van der Waals surface area contributed by atoms with E-state index in [0.717, 1.165) is 52.5 Å². The van der Waals surface area contributed by atoms with E-state index in [0.29, 0.717) is 6.04 Å². The van der Waals surface area contributed by atoms with Crippen LogP contribution in [0.25, 0.3) is 0 Å². The molecule has 6 heteroatoms. The lowest BCUT2D eigenvalue weighted by atomic mass is 10.1. The number of nitrogens with zero attached hydrogens (tertiary/aromatic N) is 5. The first kappa shape index (κ1) is 15.6. The van der Waals surface area contributed by atoms with Crippen LogP contribution in [-0.4, -0.2) is 83.3 Å². The van der Waals surface area contributed by atoms with E-state index in [-0.39, 0.29) is 0 Å². The van der Waals surface area contributed by atoms with Gasteiger partial charge in [-0.25, -0.2) is 4.98 Å². The van der Waals surface area contributed by atoms with Gasteiger partial charge in [-0.15, -0.1) is 0 Å². The summed E-state index contributed by atoms with van der Waals surface area (Å²) in [6.07, 6.45) is 4.64. The van der Waals surface area contributed by atoms with E-state index in [1.165, 1.54) is 37.4 Å². The second-order valence-corrected chi connectivity index (χ2v) is 7.24. The van der Waals surface area contributed by atoms with Crippen molar-refractivity contribution in [3.05, 3.63) is 17.7 Å². The lowest BCUT2D eigenvalue weighted by Gasteiger charge is -2.36. The highest BCUT2D eigenvalue weighted by molar-refractivity contribution is 5.07. The molecule has 2 fully saturated rings. The first-order valence-corrected chi connectivity index (χ1v) is 9.05. The Labute approximate surface area is 139 Å². The fraction of sp³-hybridized carbons (Fsp3) is 0.824. The summed E-state index contributed by atoms with van der Waals surface area (Å²) in [7, 11) is 2.21. The zero-order valence-electron chi connectivity index (χ0n) is 14.3. The summed E-state index contributed by atoms with van der Waals surface area (Å²) in [6, 6.07) is 0.690. The average Bonchev–Trinajstić information content (AvgIpc) is 2.99. The number of aromatic nitrogens is 2. The number of imidazole rings is 1. The molecule has 0 aliphatic carbocycles. The lowest BCUT2D eigenvalue weighted by Crippen LogP contribution is -2.44. The molecule has 0 atom stereocenters. The van der Waals surface area contributed by atoms with Crippen LogP contribution in [0.5, 0.6) is 0 Å². The third-order valence-corrected chi connectivity index (χ3v) is 5.57. The van der Waals surface area contributed by atoms with Crippen molar-refractivity contribution in [2.75, 3.05) is 53.0 Å². The summed E-state index contributed by atoms with van der Waals surface area (Å²) in [4.78, 5) is 12.5. The Bertz CT molecular complexity index is 517. The maximum absolute atomic E-state index is 5.50. The fourth-order valence-corrected chi connectivity index (χ4v) is 4.00. The second-order valence-electron chi connectivity index (χ2n) is 7.24. The predicted molar refractivity (Wildman–Crippen MR) is 89.3 cm³/mol. The molecule has 23 heavy (non-hydrogen) atoms. The van der Waals surface area contributed by atoms with E-state index in [2.05, 4.69) is 32.5 Å². The first-order valence-electron chi connectivity index (χ1n) is 9.05. The van der Waals surface area contributed by atoms with Gasteiger partial charge in [0, 0.05) is 71.3 Å². The molecule has 0 bridgehead atoms. The number of fused-ring (bicyclic) bond motifs is 1. The molecule has 0 unspecified atom stereocenters. The van der Waals surface area contributed by atoms with Gasteiger partial charge in [-0.05, 0) is 19.9 Å². The number of hydrogen-bond acceptors (Lipinski definition) is 5. The third kappa shape index (κ3) is 3.60. The minimum absolute atomic E-state index is 0.690. The van der Waals surface area contributed by atoms with Crippen LogP contribution in [0.1, 0.15) is 24.4 Å². The SMILES string of the molecule is CN1CCN(Cc2cn3c(n2)CN(C2CCOCC2)CC3)CC1. The van der Waals surface area contributed by atoms with Crippen molar-refractivity contribution >= 4 is 0 Å². The van der Waals surface area contributed by atoms with Gasteiger partial charge >= 0.3 is 0 Å². The Morgan fingerprint density at radius 1 is 1.09 bits per heavy atom. The normalized spacial score (nSPS) is 25.6. The van der Waals surface area contributed by atoms with Gasteiger partial charge in [-0.2, -0.15) is 0 Å². The van der Waals surface area contributed by atoms with Gasteiger partial charge in [0.2, 0.25) is 0 Å². The quantitative estimate of drug-likeness (QED) is 0.817. The molecule has 128 valence electrons. The topological polar surface area (TPSA) is 36.8 Å². The molecule has 6 nitrogen and oxygen atoms in total. The van der Waals surface area contributed by atoms with Crippen LogP contribution in [0.4, 0.5) is 0 Å². The lowest BCUT2D eigenvalue weighted by molar-refractivity contribution is 0.0235. The molecule has 0 aromatic carbocycles. The maximum atomic E-state index is 5.50. The molecule has 1 aromatic heterocycles. The highest BCUT2D eigenvalue weighted by Gasteiger charge is 2.26. The van der Waals surface area contributed by atoms with E-state index in [1.54, 1.807) is 0 Å². The fourth-order valence-electron chi connectivity index (χ4n) is 4.00. The van der Waals surface area contributed by atoms with Crippen LogP contribution in [0.3, 0.4) is 0 Å². The third-order valence-electron chi connectivity index (χ3n) is 5.57. The van der Waals surface area contributed by atoms with Crippen LogP contribution in [-0.2, 0) is 24.4 Å². The second kappa shape index (κ2) is 6.89. The van der Waals surface area contributed by atoms with Crippen molar-refractivity contribution < 1.29 is 4.74 Å². The molecule has 0 N–H and O–H groups in total. The number of likely N-dealkylation sites (N-methyl/N-ethyl adjacent to an activating group) is 1. The van der Waals surface area contributed by atoms with E-state index in [1.807, 2.05) is 0 Å². The van der Waals surface area contributed by atoms with Gasteiger partial charge in [-0.1, -0.05) is 0 Å². The number of hydrogen-bond donors (Lipinski definition) is 0. The summed E-state index contributed by atoms with van der Waals surface area (Å²) in [5, 5.41) is 0. The van der Waals surface area contributed by atoms with Crippen molar-refractivity contribution in [2.45, 2.75) is 38.5 Å². The largest absolute Gasteiger partial charge is 0.381 e. The molecule has 4 rings (SSSR count). The van der Waals surface area contributed by atoms with Gasteiger partial charge < -0.3 is 14.2 Å². The zero-order chi connectivity index (χ0) is 15.6. The van der Waals surface area contributed by atoms with Gasteiger partial charge in [-0.3, -0.25) is 9.80 Å². The highest BCUT2D eigenvalue weighted by atomic mass is 16.5. The van der Waals surface area contributed by atoms with Gasteiger partial charge in [0.05, 0.1) is 12.2 Å². The molecule has 0 spiro atoms. The Hall–Kier alpha value is -0.950. The Balaban J connectivity index is 1.37. The summed E-state index contributed by atoms with van der Waals surface area (Å²) in [5.74, 6) is 1.26. The predicted octanol–water partition coefficient (Wildman–Crippen LogP) is 0.625. The molecule has 0 radical (unpaired) electrons. The monoisotopic (exact) mass is 319 g/mol. The minimum Gasteiger partial charge on any atom is -0.381 e. The molecule has 2 saturated heterocycles. The standard InChI is InChI=1S/C17H29N5O/c1-19-4-6-20(7-5-19)12-15-13-22-9-8-21(14-17(22)18-15)16-2-10-23-11-3-16/h13,16H,2-12,14H2,1H3. The van der Waals surface area contributed by atoms with Gasteiger partial charge in [0.15, 0.2) is 0 Å². The van der Waals surface area contributed by atoms with Crippen LogP contribution < -0.4 is 0 Å². The number of rotatable bonds is 3. The van der Waals surface area contributed by atoms with Crippen molar-refractivity contribution in [1.82, 2.24) is 24.3 Å². The molecule has 3 aliphatic rings. The molecular weight excluding hydrogens is 290 g/mol. The van der Waals surface area contributed by atoms with Crippen molar-refractivity contribution in [3.63, 3.8) is 0 Å². The van der Waals surface area contributed by atoms with Crippen LogP contribution >= 0.6 is 0 Å². The molecule has 3 aliphatic heterocycles. The van der Waals surface area contributed by atoms with Crippen LogP contribution in [0.15, 0.2) is 6.20 Å². The van der Waals surface area contributed by atoms with E-state index >= 15 is 0 Å². The molecule has 0 saturated carbocycles. The van der Waals surface area contributed by atoms with Crippen LogP contribution in [0.2, 0.25) is 0 Å². The molecular formula is C17H29N5O. The van der Waals surface area contributed by atoms with Crippen molar-refractivity contribution in [1.29, 1.82) is 0 Å². The maximum Gasteiger partial charge on any atom is 0.123 e. The Morgan fingerprint density at radius 2 is 1.87 bits per heavy atom. The molecule has 1 aromatic rings. The Kier molecular flexibility index (Phi) is 4.66. The number of piperazine rings is 1. The highest BCUT2D eigenvalue weighted by Crippen LogP contribution is 2.21. The molecule has 0 amide bonds. The summed E-state index contributed by atoms with van der Waals surface area (Å²) in [5.41, 5.74) is 1.25. The van der Waals surface area contributed by atoms with Gasteiger partial charge in [0.25, 0.3) is 0 Å². The smallest absolute Gasteiger partial charge is 0.123 e. The summed E-state index contributed by atoms with van der Waals surface area (Å²) in [6.45, 7) is 10.8. The van der Waals surface area contributed by atoms with E-state index in [9.17, 15) is 0 Å². The van der Waals surface area contributed by atoms with Crippen LogP contribution in [0, 0.1) is 0 Å². The summed E-state index contributed by atoms with van der Waals surface area (Å²) < 4.78 is 7.88. The van der Waals surface area contributed by atoms with Crippen molar-refractivity contribution in [2.24, 2.45) is 0 Å². The first-order chi connectivity index (χ1) is 11.3. The molecule has 4 heterocycles. The minimum atomic E-state index is 0.690. The summed E-state index contributed by atoms with van der Waals surface area (Å²) >= 11 is 0. The zero-order valence-corrected chi connectivity index (χ0v) is 14.3. The average molecular weight is 319 g/mol. The number of ether oxygens (including phenoxy) is 1. The van der Waals surface area contributed by atoms with E-state index in [4.69, 9.17) is 9.72 Å². The van der Waals surface area contributed by atoms with Gasteiger partial charge in [0.1, 0.15) is 5.82 Å². The Morgan fingerprint density at radius 3 is 2.65 bits per heavy atom.